The summed E-state index contributed by atoms with van der Waals surface area (Å²) in [6.45, 7) is 0.175. The van der Waals surface area contributed by atoms with Gasteiger partial charge in [0, 0.05) is 24.5 Å². The van der Waals surface area contributed by atoms with Crippen molar-refractivity contribution in [2.45, 2.75) is 12.3 Å². The molecule has 0 aliphatic carbocycles. The molecular weight excluding hydrogens is 290 g/mol. The number of aromatic nitrogens is 1. The number of pyridine rings is 1. The molecule has 0 atom stereocenters. The van der Waals surface area contributed by atoms with Crippen molar-refractivity contribution in [2.75, 3.05) is 12.8 Å². The van der Waals surface area contributed by atoms with Gasteiger partial charge in [-0.05, 0) is 23.3 Å². The molecular formula is C14H17N3O3S. The van der Waals surface area contributed by atoms with E-state index in [9.17, 15) is 8.42 Å². The first-order chi connectivity index (χ1) is 10.00. The predicted octanol–water partition coefficient (Wildman–Crippen LogP) is 1.29. The molecule has 3 N–H and O–H groups in total. The number of anilines is 1. The molecule has 0 saturated heterocycles. The van der Waals surface area contributed by atoms with Crippen LogP contribution in [0.15, 0.2) is 42.6 Å². The van der Waals surface area contributed by atoms with E-state index in [4.69, 9.17) is 10.5 Å². The smallest absolute Gasteiger partial charge is 0.216 e. The van der Waals surface area contributed by atoms with Gasteiger partial charge in [0.1, 0.15) is 0 Å². The molecule has 6 nitrogen and oxygen atoms in total. The number of sulfonamides is 1. The van der Waals surface area contributed by atoms with Crippen LogP contribution in [0.2, 0.25) is 0 Å². The van der Waals surface area contributed by atoms with Crippen LogP contribution < -0.4 is 15.2 Å². The Morgan fingerprint density at radius 1 is 1.29 bits per heavy atom. The molecule has 0 saturated carbocycles. The molecule has 0 fully saturated rings. The summed E-state index contributed by atoms with van der Waals surface area (Å²) < 4.78 is 31.7. The Morgan fingerprint density at radius 3 is 2.76 bits per heavy atom. The average Bonchev–Trinajstić information content (AvgIpc) is 2.48. The van der Waals surface area contributed by atoms with Gasteiger partial charge in [-0.2, -0.15) is 0 Å². The Hall–Kier alpha value is -2.12. The van der Waals surface area contributed by atoms with Crippen molar-refractivity contribution in [2.24, 2.45) is 0 Å². The van der Waals surface area contributed by atoms with Gasteiger partial charge in [0.05, 0.1) is 12.9 Å². The number of nitrogens with one attached hydrogen (secondary N) is 1. The number of nitrogen functional groups attached to an aromatic ring is 1. The van der Waals surface area contributed by atoms with Crippen LogP contribution in [0.4, 0.5) is 5.69 Å². The minimum absolute atomic E-state index is 0.151. The second kappa shape index (κ2) is 6.55. The highest BCUT2D eigenvalue weighted by atomic mass is 32.2. The maximum absolute atomic E-state index is 12.1. The quantitative estimate of drug-likeness (QED) is 0.784. The van der Waals surface area contributed by atoms with Gasteiger partial charge in [-0.3, -0.25) is 0 Å². The standard InChI is InChI=1S/C14H17N3O3S/c1-20-14-8-11(6-7-16-14)9-17-21(18,19)10-12-4-2-3-5-13(12)15/h2-8,17H,9-10,15H2,1H3. The number of rotatable bonds is 6. The van der Waals surface area contributed by atoms with E-state index >= 15 is 0 Å². The van der Waals surface area contributed by atoms with Crippen LogP contribution >= 0.6 is 0 Å². The molecule has 0 aliphatic rings. The summed E-state index contributed by atoms with van der Waals surface area (Å²) in [6.07, 6.45) is 1.57. The van der Waals surface area contributed by atoms with Crippen LogP contribution in [0.25, 0.3) is 0 Å². The highest BCUT2D eigenvalue weighted by Gasteiger charge is 2.13. The van der Waals surface area contributed by atoms with E-state index in [1.807, 2.05) is 0 Å². The molecule has 112 valence electrons. The van der Waals surface area contributed by atoms with Gasteiger partial charge in [0.15, 0.2) is 0 Å². The number of benzene rings is 1. The Labute approximate surface area is 124 Å². The van der Waals surface area contributed by atoms with Gasteiger partial charge in [-0.1, -0.05) is 18.2 Å². The van der Waals surface area contributed by atoms with Crippen LogP contribution in [-0.2, 0) is 22.3 Å². The van der Waals surface area contributed by atoms with Crippen LogP contribution in [0, 0.1) is 0 Å². The summed E-state index contributed by atoms with van der Waals surface area (Å²) in [7, 11) is -1.96. The van der Waals surface area contributed by atoms with Crippen LogP contribution in [0.1, 0.15) is 11.1 Å². The first-order valence-electron chi connectivity index (χ1n) is 6.30. The van der Waals surface area contributed by atoms with E-state index in [0.717, 1.165) is 5.56 Å². The predicted molar refractivity (Wildman–Crippen MR) is 81.1 cm³/mol. The van der Waals surface area contributed by atoms with Gasteiger partial charge in [-0.25, -0.2) is 18.1 Å². The fourth-order valence-corrected chi connectivity index (χ4v) is 2.95. The maximum atomic E-state index is 12.1. The summed E-state index contributed by atoms with van der Waals surface area (Å²) >= 11 is 0. The Morgan fingerprint density at radius 2 is 2.05 bits per heavy atom. The van der Waals surface area contributed by atoms with Crippen LogP contribution in [0.3, 0.4) is 0 Å². The van der Waals surface area contributed by atoms with E-state index in [0.29, 0.717) is 17.1 Å². The summed E-state index contributed by atoms with van der Waals surface area (Å²) in [5, 5.41) is 0. The second-order valence-corrected chi connectivity index (χ2v) is 6.29. The molecule has 1 heterocycles. The second-order valence-electron chi connectivity index (χ2n) is 4.49. The fourth-order valence-electron chi connectivity index (χ4n) is 1.79. The molecule has 0 spiro atoms. The molecule has 0 unspecified atom stereocenters. The average molecular weight is 307 g/mol. The molecule has 0 amide bonds. The van der Waals surface area contributed by atoms with Crippen LogP contribution in [0.5, 0.6) is 5.88 Å². The first kappa shape index (κ1) is 15.3. The SMILES string of the molecule is COc1cc(CNS(=O)(=O)Cc2ccccc2N)ccn1. The minimum atomic E-state index is -3.47. The number of ether oxygens (including phenoxy) is 1. The molecule has 1 aromatic carbocycles. The highest BCUT2D eigenvalue weighted by Crippen LogP contribution is 2.14. The van der Waals surface area contributed by atoms with Gasteiger partial charge < -0.3 is 10.5 Å². The third-order valence-electron chi connectivity index (χ3n) is 2.91. The molecule has 2 aromatic rings. The van der Waals surface area contributed by atoms with E-state index in [-0.39, 0.29) is 12.3 Å². The third-order valence-corrected chi connectivity index (χ3v) is 4.18. The van der Waals surface area contributed by atoms with Crippen molar-refractivity contribution in [1.29, 1.82) is 0 Å². The molecule has 0 bridgehead atoms. The lowest BCUT2D eigenvalue weighted by molar-refractivity contribution is 0.397. The van der Waals surface area contributed by atoms with Crippen molar-refractivity contribution in [3.63, 3.8) is 0 Å². The number of para-hydroxylation sites is 1. The monoisotopic (exact) mass is 307 g/mol. The van der Waals surface area contributed by atoms with Gasteiger partial charge in [-0.15, -0.1) is 0 Å². The lowest BCUT2D eigenvalue weighted by Gasteiger charge is -2.09. The Bertz CT molecular complexity index is 717. The van der Waals surface area contributed by atoms with Gasteiger partial charge in [0.25, 0.3) is 0 Å². The van der Waals surface area contributed by atoms with E-state index in [1.165, 1.54) is 7.11 Å². The first-order valence-corrected chi connectivity index (χ1v) is 7.95. The number of nitrogens with two attached hydrogens (primary N) is 1. The Kier molecular flexibility index (Phi) is 4.77. The molecule has 0 aliphatic heterocycles. The molecule has 0 radical (unpaired) electrons. The van der Waals surface area contributed by atoms with Crippen molar-refractivity contribution in [3.8, 4) is 5.88 Å². The highest BCUT2D eigenvalue weighted by molar-refractivity contribution is 7.88. The van der Waals surface area contributed by atoms with E-state index in [1.54, 1.807) is 42.6 Å². The summed E-state index contributed by atoms with van der Waals surface area (Å²) in [6, 6.07) is 10.3. The zero-order chi connectivity index (χ0) is 15.3. The number of nitrogens with zero attached hydrogens (tertiary/aromatic N) is 1. The zero-order valence-corrected chi connectivity index (χ0v) is 12.4. The summed E-state index contributed by atoms with van der Waals surface area (Å²) in [5.41, 5.74) is 7.57. The number of hydrogen-bond acceptors (Lipinski definition) is 5. The summed E-state index contributed by atoms with van der Waals surface area (Å²) in [4.78, 5) is 3.97. The van der Waals surface area contributed by atoms with Gasteiger partial charge in [0.2, 0.25) is 15.9 Å². The lowest BCUT2D eigenvalue weighted by atomic mass is 10.2. The minimum Gasteiger partial charge on any atom is -0.481 e. The number of methoxy groups -OCH3 is 1. The topological polar surface area (TPSA) is 94.3 Å². The van der Waals surface area contributed by atoms with E-state index < -0.39 is 10.0 Å². The largest absolute Gasteiger partial charge is 0.481 e. The normalized spacial score (nSPS) is 11.3. The fraction of sp³-hybridized carbons (Fsp3) is 0.214. The summed E-state index contributed by atoms with van der Waals surface area (Å²) in [5.74, 6) is 0.293. The third kappa shape index (κ3) is 4.44. The zero-order valence-electron chi connectivity index (χ0n) is 11.6. The Balaban J connectivity index is 2.03. The van der Waals surface area contributed by atoms with E-state index in [2.05, 4.69) is 9.71 Å². The maximum Gasteiger partial charge on any atom is 0.216 e. The molecule has 7 heteroatoms. The van der Waals surface area contributed by atoms with Crippen molar-refractivity contribution < 1.29 is 13.2 Å². The van der Waals surface area contributed by atoms with Crippen molar-refractivity contribution >= 4 is 15.7 Å². The lowest BCUT2D eigenvalue weighted by Crippen LogP contribution is -2.25. The van der Waals surface area contributed by atoms with Crippen molar-refractivity contribution in [3.05, 3.63) is 53.7 Å². The van der Waals surface area contributed by atoms with Gasteiger partial charge >= 0.3 is 0 Å². The van der Waals surface area contributed by atoms with Crippen LogP contribution in [-0.4, -0.2) is 20.5 Å². The molecule has 1 aromatic heterocycles. The molecule has 21 heavy (non-hydrogen) atoms. The number of hydrogen-bond donors (Lipinski definition) is 2. The van der Waals surface area contributed by atoms with Crippen molar-refractivity contribution in [1.82, 2.24) is 9.71 Å². The molecule has 2 rings (SSSR count).